The fourth-order valence-corrected chi connectivity index (χ4v) is 1.75. The Bertz CT molecular complexity index is 447. The highest BCUT2D eigenvalue weighted by Crippen LogP contribution is 2.04. The van der Waals surface area contributed by atoms with Crippen LogP contribution in [0.25, 0.3) is 0 Å². The lowest BCUT2D eigenvalue weighted by Gasteiger charge is -2.17. The molecule has 2 atom stereocenters. The van der Waals surface area contributed by atoms with E-state index in [1.54, 1.807) is 20.8 Å². The molecule has 0 fully saturated rings. The van der Waals surface area contributed by atoms with E-state index in [2.05, 4.69) is 5.32 Å². The first-order valence-electron chi connectivity index (χ1n) is 7.14. The van der Waals surface area contributed by atoms with E-state index in [1.165, 1.54) is 0 Å². The zero-order valence-electron chi connectivity index (χ0n) is 12.8. The molecule has 21 heavy (non-hydrogen) atoms. The summed E-state index contributed by atoms with van der Waals surface area (Å²) in [5.41, 5.74) is 1.01. The van der Waals surface area contributed by atoms with Crippen molar-refractivity contribution in [2.45, 2.75) is 45.9 Å². The summed E-state index contributed by atoms with van der Waals surface area (Å²) in [4.78, 5) is 23.2. The third-order valence-corrected chi connectivity index (χ3v) is 2.88. The Balaban J connectivity index is 2.32. The second-order valence-corrected chi connectivity index (χ2v) is 4.86. The van der Waals surface area contributed by atoms with Gasteiger partial charge in [-0.3, -0.25) is 9.59 Å². The zero-order chi connectivity index (χ0) is 15.7. The first kappa shape index (κ1) is 17.2. The van der Waals surface area contributed by atoms with Crippen LogP contribution in [0.15, 0.2) is 30.3 Å². The van der Waals surface area contributed by atoms with E-state index in [9.17, 15) is 9.59 Å². The minimum absolute atomic E-state index is 0.158. The highest BCUT2D eigenvalue weighted by Gasteiger charge is 2.18. The Kier molecular flexibility index (Phi) is 7.46. The molecule has 5 nitrogen and oxygen atoms in total. The van der Waals surface area contributed by atoms with E-state index in [0.717, 1.165) is 5.56 Å². The molecule has 0 saturated carbocycles. The van der Waals surface area contributed by atoms with Crippen LogP contribution in [0.3, 0.4) is 0 Å². The zero-order valence-corrected chi connectivity index (χ0v) is 12.8. The summed E-state index contributed by atoms with van der Waals surface area (Å²) in [7, 11) is 0. The monoisotopic (exact) mass is 293 g/mol. The summed E-state index contributed by atoms with van der Waals surface area (Å²) in [6.07, 6.45) is -0.416. The van der Waals surface area contributed by atoms with Crippen molar-refractivity contribution in [3.8, 4) is 0 Å². The van der Waals surface area contributed by atoms with Gasteiger partial charge in [0.25, 0.3) is 0 Å². The molecule has 0 heterocycles. The first-order valence-corrected chi connectivity index (χ1v) is 7.14. The maximum atomic E-state index is 11.9. The second kappa shape index (κ2) is 9.13. The van der Waals surface area contributed by atoms with Gasteiger partial charge >= 0.3 is 5.97 Å². The summed E-state index contributed by atoms with van der Waals surface area (Å²) in [6, 6.07) is 9.37. The predicted octanol–water partition coefficient (Wildman–Crippen LogP) is 2.05. The Morgan fingerprint density at radius 2 is 1.86 bits per heavy atom. The number of carbonyl (C=O) groups is 2. The lowest BCUT2D eigenvalue weighted by atomic mass is 10.2. The first-order chi connectivity index (χ1) is 10.0. The van der Waals surface area contributed by atoms with Crippen LogP contribution in [0.4, 0.5) is 0 Å². The number of hydrogen-bond donors (Lipinski definition) is 1. The average molecular weight is 293 g/mol. The minimum Gasteiger partial charge on any atom is -0.466 e. The van der Waals surface area contributed by atoms with Gasteiger partial charge in [-0.1, -0.05) is 30.3 Å². The standard InChI is InChI=1S/C16H23NO4/c1-4-20-15(18)10-12(2)17-16(19)13(3)21-11-14-8-6-5-7-9-14/h5-9,12-13H,4,10-11H2,1-3H3,(H,17,19)/t12-,13-/m1/s1. The molecular weight excluding hydrogens is 270 g/mol. The molecular formula is C16H23NO4. The normalized spacial score (nSPS) is 13.3. The van der Waals surface area contributed by atoms with Crippen LogP contribution < -0.4 is 5.32 Å². The van der Waals surface area contributed by atoms with Crippen molar-refractivity contribution in [3.63, 3.8) is 0 Å². The molecule has 5 heteroatoms. The van der Waals surface area contributed by atoms with Gasteiger partial charge in [0, 0.05) is 6.04 Å². The van der Waals surface area contributed by atoms with Crippen molar-refractivity contribution in [3.05, 3.63) is 35.9 Å². The van der Waals surface area contributed by atoms with Crippen molar-refractivity contribution in [1.82, 2.24) is 5.32 Å². The van der Waals surface area contributed by atoms with Crippen molar-refractivity contribution in [2.75, 3.05) is 6.61 Å². The number of esters is 1. The van der Waals surface area contributed by atoms with Gasteiger partial charge in [0.1, 0.15) is 6.10 Å². The average Bonchev–Trinajstić information content (AvgIpc) is 2.45. The number of ether oxygens (including phenoxy) is 2. The van der Waals surface area contributed by atoms with Crippen molar-refractivity contribution in [2.24, 2.45) is 0 Å². The Morgan fingerprint density at radius 1 is 1.19 bits per heavy atom. The van der Waals surface area contributed by atoms with Gasteiger partial charge in [-0.25, -0.2) is 0 Å². The van der Waals surface area contributed by atoms with Crippen LogP contribution in [-0.2, 0) is 25.7 Å². The van der Waals surface area contributed by atoms with Crippen LogP contribution in [0.1, 0.15) is 32.8 Å². The van der Waals surface area contributed by atoms with Crippen LogP contribution >= 0.6 is 0 Å². The number of nitrogens with one attached hydrogen (secondary N) is 1. The largest absolute Gasteiger partial charge is 0.466 e. The Labute approximate surface area is 125 Å². The number of benzene rings is 1. The second-order valence-electron chi connectivity index (χ2n) is 4.86. The van der Waals surface area contributed by atoms with Crippen molar-refractivity contribution in [1.29, 1.82) is 0 Å². The number of amides is 1. The lowest BCUT2D eigenvalue weighted by molar-refractivity contribution is -0.144. The summed E-state index contributed by atoms with van der Waals surface area (Å²) in [6.45, 7) is 5.92. The van der Waals surface area contributed by atoms with Crippen molar-refractivity contribution < 1.29 is 19.1 Å². The fourth-order valence-electron chi connectivity index (χ4n) is 1.75. The molecule has 116 valence electrons. The Morgan fingerprint density at radius 3 is 2.48 bits per heavy atom. The smallest absolute Gasteiger partial charge is 0.307 e. The van der Waals surface area contributed by atoms with Crippen LogP contribution in [0.5, 0.6) is 0 Å². The SMILES string of the molecule is CCOC(=O)C[C@@H](C)NC(=O)[C@@H](C)OCc1ccccc1. The molecule has 0 saturated heterocycles. The maximum absolute atomic E-state index is 11.9. The number of hydrogen-bond acceptors (Lipinski definition) is 4. The van der Waals surface area contributed by atoms with Gasteiger partial charge in [0.15, 0.2) is 0 Å². The molecule has 1 N–H and O–H groups in total. The molecule has 0 aromatic heterocycles. The van der Waals surface area contributed by atoms with E-state index < -0.39 is 6.10 Å². The van der Waals surface area contributed by atoms with Gasteiger partial charge in [0.2, 0.25) is 5.91 Å². The lowest BCUT2D eigenvalue weighted by Crippen LogP contribution is -2.41. The molecule has 0 bridgehead atoms. The van der Waals surface area contributed by atoms with Gasteiger partial charge in [0.05, 0.1) is 19.6 Å². The molecule has 1 rings (SSSR count). The molecule has 0 aliphatic heterocycles. The predicted molar refractivity (Wildman–Crippen MR) is 79.5 cm³/mol. The summed E-state index contributed by atoms with van der Waals surface area (Å²) in [5.74, 6) is -0.550. The van der Waals surface area contributed by atoms with E-state index in [-0.39, 0.29) is 24.3 Å². The third kappa shape index (κ3) is 6.90. The molecule has 0 unspecified atom stereocenters. The van der Waals surface area contributed by atoms with E-state index in [4.69, 9.17) is 9.47 Å². The topological polar surface area (TPSA) is 64.6 Å². The third-order valence-electron chi connectivity index (χ3n) is 2.88. The Hall–Kier alpha value is -1.88. The number of carbonyl (C=O) groups excluding carboxylic acids is 2. The molecule has 0 radical (unpaired) electrons. The van der Waals surface area contributed by atoms with E-state index in [0.29, 0.717) is 13.2 Å². The minimum atomic E-state index is -0.574. The van der Waals surface area contributed by atoms with Gasteiger partial charge in [-0.2, -0.15) is 0 Å². The maximum Gasteiger partial charge on any atom is 0.307 e. The molecule has 0 spiro atoms. The van der Waals surface area contributed by atoms with Crippen molar-refractivity contribution >= 4 is 11.9 Å². The molecule has 1 aromatic rings. The van der Waals surface area contributed by atoms with E-state index in [1.807, 2.05) is 30.3 Å². The van der Waals surface area contributed by atoms with E-state index >= 15 is 0 Å². The van der Waals surface area contributed by atoms with Crippen LogP contribution in [0.2, 0.25) is 0 Å². The number of rotatable bonds is 8. The van der Waals surface area contributed by atoms with Crippen LogP contribution in [0, 0.1) is 0 Å². The van der Waals surface area contributed by atoms with Crippen LogP contribution in [-0.4, -0.2) is 30.6 Å². The fraction of sp³-hybridized carbons (Fsp3) is 0.500. The molecule has 0 aliphatic rings. The quantitative estimate of drug-likeness (QED) is 0.745. The highest BCUT2D eigenvalue weighted by molar-refractivity contribution is 5.81. The molecule has 0 aliphatic carbocycles. The molecule has 1 aromatic carbocycles. The summed E-state index contributed by atoms with van der Waals surface area (Å²) >= 11 is 0. The molecule has 1 amide bonds. The van der Waals surface area contributed by atoms with Gasteiger partial charge in [-0.05, 0) is 26.3 Å². The van der Waals surface area contributed by atoms with Gasteiger partial charge in [-0.15, -0.1) is 0 Å². The summed E-state index contributed by atoms with van der Waals surface area (Å²) in [5, 5.41) is 2.74. The van der Waals surface area contributed by atoms with Gasteiger partial charge < -0.3 is 14.8 Å². The summed E-state index contributed by atoms with van der Waals surface area (Å²) < 4.78 is 10.4. The highest BCUT2D eigenvalue weighted by atomic mass is 16.5.